The summed E-state index contributed by atoms with van der Waals surface area (Å²) in [5.41, 5.74) is 1.25. The van der Waals surface area contributed by atoms with Crippen LogP contribution in [0.1, 0.15) is 36.2 Å². The number of likely N-dealkylation sites (tertiary alicyclic amines) is 1. The van der Waals surface area contributed by atoms with Crippen LogP contribution in [-0.4, -0.2) is 29.1 Å². The molecule has 1 heterocycles. The molecule has 19 heavy (non-hydrogen) atoms. The number of carbonyl (C=O) groups is 1. The number of halogens is 1. The highest BCUT2D eigenvalue weighted by molar-refractivity contribution is 6.31. The van der Waals surface area contributed by atoms with Crippen LogP contribution in [0.25, 0.3) is 0 Å². The highest BCUT2D eigenvalue weighted by atomic mass is 35.5. The van der Waals surface area contributed by atoms with Gasteiger partial charge in [0.25, 0.3) is 0 Å². The molecular formula is C15H20ClNO2. The minimum atomic E-state index is -0.936. The van der Waals surface area contributed by atoms with Gasteiger partial charge in [-0.2, -0.15) is 0 Å². The number of benzene rings is 1. The lowest BCUT2D eigenvalue weighted by atomic mass is 9.88. The van der Waals surface area contributed by atoms with Crippen LogP contribution >= 0.6 is 11.6 Å². The molecule has 1 aliphatic rings. The number of hydrogen-bond donors (Lipinski definition) is 1. The third-order valence-corrected chi connectivity index (χ3v) is 4.46. The van der Waals surface area contributed by atoms with Gasteiger partial charge >= 0.3 is 5.97 Å². The first-order valence-corrected chi connectivity index (χ1v) is 7.09. The fourth-order valence-corrected chi connectivity index (χ4v) is 2.78. The van der Waals surface area contributed by atoms with E-state index in [9.17, 15) is 4.79 Å². The lowest BCUT2D eigenvalue weighted by molar-refractivity contribution is 0.0697. The summed E-state index contributed by atoms with van der Waals surface area (Å²) in [6, 6.07) is 4.99. The van der Waals surface area contributed by atoms with Crippen LogP contribution < -0.4 is 0 Å². The second kappa shape index (κ2) is 5.93. The summed E-state index contributed by atoms with van der Waals surface area (Å²) in [7, 11) is 0. The van der Waals surface area contributed by atoms with Gasteiger partial charge in [0.05, 0.1) is 5.56 Å². The average Bonchev–Trinajstić information content (AvgIpc) is 2.36. The summed E-state index contributed by atoms with van der Waals surface area (Å²) >= 11 is 6.17. The maximum absolute atomic E-state index is 10.9. The molecule has 2 atom stereocenters. The van der Waals surface area contributed by atoms with Crippen molar-refractivity contribution in [3.05, 3.63) is 34.3 Å². The SMILES string of the molecule is CC1CCN(Cc2ccc(C(=O)O)cc2Cl)CC1C. The van der Waals surface area contributed by atoms with Crippen LogP contribution in [0.5, 0.6) is 0 Å². The van der Waals surface area contributed by atoms with Crippen LogP contribution in [0, 0.1) is 11.8 Å². The van der Waals surface area contributed by atoms with Crippen molar-refractivity contribution in [1.29, 1.82) is 0 Å². The maximum atomic E-state index is 10.9. The van der Waals surface area contributed by atoms with Crippen LogP contribution in [-0.2, 0) is 6.54 Å². The van der Waals surface area contributed by atoms with E-state index in [0.717, 1.165) is 31.1 Å². The molecule has 0 aromatic heterocycles. The predicted molar refractivity (Wildman–Crippen MR) is 76.6 cm³/mol. The van der Waals surface area contributed by atoms with Gasteiger partial charge in [-0.1, -0.05) is 31.5 Å². The third kappa shape index (κ3) is 3.48. The Kier molecular flexibility index (Phi) is 4.48. The molecule has 0 saturated carbocycles. The average molecular weight is 282 g/mol. The molecule has 0 aliphatic carbocycles. The number of aromatic carboxylic acids is 1. The Morgan fingerprint density at radius 3 is 2.74 bits per heavy atom. The van der Waals surface area contributed by atoms with Crippen molar-refractivity contribution in [3.8, 4) is 0 Å². The van der Waals surface area contributed by atoms with Gasteiger partial charge in [-0.15, -0.1) is 0 Å². The van der Waals surface area contributed by atoms with Crippen LogP contribution in [0.4, 0.5) is 0 Å². The molecule has 1 aromatic carbocycles. The van der Waals surface area contributed by atoms with E-state index in [4.69, 9.17) is 16.7 Å². The maximum Gasteiger partial charge on any atom is 0.335 e. The second-order valence-electron chi connectivity index (χ2n) is 5.59. The fraction of sp³-hybridized carbons (Fsp3) is 0.533. The predicted octanol–water partition coefficient (Wildman–Crippen LogP) is 3.52. The van der Waals surface area contributed by atoms with Crippen molar-refractivity contribution in [2.24, 2.45) is 11.8 Å². The van der Waals surface area contributed by atoms with Gasteiger partial charge in [-0.25, -0.2) is 4.79 Å². The van der Waals surface area contributed by atoms with Crippen LogP contribution in [0.2, 0.25) is 5.02 Å². The van der Waals surface area contributed by atoms with Crippen molar-refractivity contribution < 1.29 is 9.90 Å². The monoisotopic (exact) mass is 281 g/mol. The third-order valence-electron chi connectivity index (χ3n) is 4.11. The molecule has 1 saturated heterocycles. The number of carboxylic acids is 1. The quantitative estimate of drug-likeness (QED) is 0.922. The van der Waals surface area contributed by atoms with E-state index in [0.29, 0.717) is 10.9 Å². The first kappa shape index (κ1) is 14.4. The lowest BCUT2D eigenvalue weighted by Crippen LogP contribution is -2.37. The molecule has 4 heteroatoms. The highest BCUT2D eigenvalue weighted by Crippen LogP contribution is 2.26. The largest absolute Gasteiger partial charge is 0.478 e. The summed E-state index contributed by atoms with van der Waals surface area (Å²) in [5.74, 6) is 0.542. The topological polar surface area (TPSA) is 40.5 Å². The van der Waals surface area contributed by atoms with Crippen LogP contribution in [0.3, 0.4) is 0 Å². The number of rotatable bonds is 3. The van der Waals surface area contributed by atoms with Crippen molar-refractivity contribution >= 4 is 17.6 Å². The molecule has 0 bridgehead atoms. The summed E-state index contributed by atoms with van der Waals surface area (Å²) in [4.78, 5) is 13.3. The Morgan fingerprint density at radius 1 is 1.42 bits per heavy atom. The molecule has 3 nitrogen and oxygen atoms in total. The Bertz CT molecular complexity index is 475. The molecule has 1 aliphatic heterocycles. The van der Waals surface area contributed by atoms with Gasteiger partial charge in [-0.3, -0.25) is 4.90 Å². The molecule has 0 amide bonds. The molecule has 2 unspecified atom stereocenters. The van der Waals surface area contributed by atoms with Crippen molar-refractivity contribution in [1.82, 2.24) is 4.90 Å². The summed E-state index contributed by atoms with van der Waals surface area (Å²) in [5, 5.41) is 9.46. The van der Waals surface area contributed by atoms with Gasteiger partial charge in [0.1, 0.15) is 0 Å². The number of hydrogen-bond acceptors (Lipinski definition) is 2. The summed E-state index contributed by atoms with van der Waals surface area (Å²) < 4.78 is 0. The Balaban J connectivity index is 2.05. The Hall–Kier alpha value is -1.06. The zero-order valence-corrected chi connectivity index (χ0v) is 12.2. The fourth-order valence-electron chi connectivity index (χ4n) is 2.54. The zero-order chi connectivity index (χ0) is 14.0. The van der Waals surface area contributed by atoms with Crippen molar-refractivity contribution in [3.63, 3.8) is 0 Å². The molecule has 0 spiro atoms. The van der Waals surface area contributed by atoms with E-state index >= 15 is 0 Å². The first-order valence-electron chi connectivity index (χ1n) is 6.71. The van der Waals surface area contributed by atoms with E-state index < -0.39 is 5.97 Å². The highest BCUT2D eigenvalue weighted by Gasteiger charge is 2.23. The Morgan fingerprint density at radius 2 is 2.16 bits per heavy atom. The van der Waals surface area contributed by atoms with Gasteiger partial charge < -0.3 is 5.11 Å². The van der Waals surface area contributed by atoms with E-state index in [1.807, 2.05) is 6.07 Å². The molecule has 104 valence electrons. The second-order valence-corrected chi connectivity index (χ2v) is 6.00. The first-order chi connectivity index (χ1) is 8.97. The summed E-state index contributed by atoms with van der Waals surface area (Å²) in [6.07, 6.45) is 1.21. The van der Waals surface area contributed by atoms with Gasteiger partial charge in [0.15, 0.2) is 0 Å². The molecular weight excluding hydrogens is 262 g/mol. The van der Waals surface area contributed by atoms with E-state index in [2.05, 4.69) is 18.7 Å². The van der Waals surface area contributed by atoms with Crippen molar-refractivity contribution in [2.75, 3.05) is 13.1 Å². The zero-order valence-electron chi connectivity index (χ0n) is 11.4. The van der Waals surface area contributed by atoms with Crippen LogP contribution in [0.15, 0.2) is 18.2 Å². The number of nitrogens with zero attached hydrogens (tertiary/aromatic N) is 1. The van der Waals surface area contributed by atoms with Gasteiger partial charge in [-0.05, 0) is 42.5 Å². The number of piperidine rings is 1. The normalized spacial score (nSPS) is 24.4. The lowest BCUT2D eigenvalue weighted by Gasteiger charge is -2.35. The summed E-state index contributed by atoms with van der Waals surface area (Å²) in [6.45, 7) is 7.55. The molecule has 1 fully saturated rings. The minimum Gasteiger partial charge on any atom is -0.478 e. The molecule has 1 aromatic rings. The molecule has 1 N–H and O–H groups in total. The van der Waals surface area contributed by atoms with E-state index in [1.54, 1.807) is 6.07 Å². The van der Waals surface area contributed by atoms with Gasteiger partial charge in [0.2, 0.25) is 0 Å². The van der Waals surface area contributed by atoms with E-state index in [1.165, 1.54) is 12.5 Å². The van der Waals surface area contributed by atoms with Gasteiger partial charge in [0, 0.05) is 18.1 Å². The van der Waals surface area contributed by atoms with Crippen molar-refractivity contribution in [2.45, 2.75) is 26.8 Å². The molecule has 2 rings (SSSR count). The minimum absolute atomic E-state index is 0.245. The molecule has 0 radical (unpaired) electrons. The Labute approximate surface area is 119 Å². The standard InChI is InChI=1S/C15H20ClNO2/c1-10-5-6-17(8-11(10)2)9-13-4-3-12(15(18)19)7-14(13)16/h3-4,7,10-11H,5-6,8-9H2,1-2H3,(H,18,19). The number of carboxylic acid groups (broad SMARTS) is 1. The smallest absolute Gasteiger partial charge is 0.335 e. The van der Waals surface area contributed by atoms with E-state index in [-0.39, 0.29) is 5.56 Å².